The molecule has 3 atom stereocenters. The monoisotopic (exact) mass is 362 g/mol. The molecule has 0 saturated carbocycles. The van der Waals surface area contributed by atoms with Crippen molar-refractivity contribution >= 4 is 46.1 Å². The van der Waals surface area contributed by atoms with Crippen LogP contribution in [0.25, 0.3) is 0 Å². The number of piperidine rings is 1. The molecule has 2 aliphatic rings. The molecule has 0 bridgehead atoms. The van der Waals surface area contributed by atoms with Crippen LogP contribution in [-0.2, 0) is 0 Å². The van der Waals surface area contributed by atoms with Crippen LogP contribution in [0.3, 0.4) is 0 Å². The van der Waals surface area contributed by atoms with Crippen molar-refractivity contribution in [2.24, 2.45) is 5.92 Å². The Kier molecular flexibility index (Phi) is 3.75. The number of benzene rings is 2. The van der Waals surface area contributed by atoms with Gasteiger partial charge in [-0.2, -0.15) is 0 Å². The summed E-state index contributed by atoms with van der Waals surface area (Å²) in [5.74, 6) is 0.720. The largest absolute Gasteiger partial charge is 0.398 e. The van der Waals surface area contributed by atoms with Gasteiger partial charge in [0.25, 0.3) is 0 Å². The first-order chi connectivity index (χ1) is 11.0. The number of nitrogens with one attached hydrogen (secondary N) is 1. The summed E-state index contributed by atoms with van der Waals surface area (Å²) in [5, 5.41) is 4.88. The Bertz CT molecular complexity index is 806. The first-order valence-electron chi connectivity index (χ1n) is 7.68. The van der Waals surface area contributed by atoms with Crippen molar-refractivity contribution < 1.29 is 0 Å². The van der Waals surface area contributed by atoms with Gasteiger partial charge in [0.05, 0.1) is 21.7 Å². The van der Waals surface area contributed by atoms with Crippen molar-refractivity contribution in [3.05, 3.63) is 63.1 Å². The molecule has 1 aliphatic carbocycles. The summed E-state index contributed by atoms with van der Waals surface area (Å²) in [6.07, 6.45) is 1.99. The van der Waals surface area contributed by atoms with E-state index in [1.54, 1.807) is 0 Å². The zero-order chi connectivity index (χ0) is 16.1. The van der Waals surface area contributed by atoms with Gasteiger partial charge in [0.1, 0.15) is 0 Å². The number of nitrogens with two attached hydrogens (primary N) is 1. The third-order valence-electron chi connectivity index (χ3n) is 4.98. The molecule has 23 heavy (non-hydrogen) atoms. The van der Waals surface area contributed by atoms with E-state index < -0.39 is 0 Å². The van der Waals surface area contributed by atoms with E-state index in [4.69, 9.17) is 41.2 Å². The molecule has 0 amide bonds. The molecule has 2 nitrogen and oxygen atoms in total. The van der Waals surface area contributed by atoms with Crippen LogP contribution in [0.2, 0.25) is 10.0 Å². The standard InChI is InChI=1S/C18H16Cl2N2S/c19-10-2-3-11-13(8-10)17(9-1-5-15(21)14(20)7-9)12-4-6-16(23)22-18(11)12/h1-3,5,7-8,12,17-18H,4,6,21H2,(H,22,23). The highest BCUT2D eigenvalue weighted by molar-refractivity contribution is 7.80. The lowest BCUT2D eigenvalue weighted by Gasteiger charge is -2.32. The Hall–Kier alpha value is -1.29. The highest BCUT2D eigenvalue weighted by Crippen LogP contribution is 2.52. The molecule has 2 aromatic carbocycles. The van der Waals surface area contributed by atoms with Gasteiger partial charge < -0.3 is 11.1 Å². The van der Waals surface area contributed by atoms with Gasteiger partial charge >= 0.3 is 0 Å². The number of rotatable bonds is 1. The van der Waals surface area contributed by atoms with Crippen LogP contribution in [0, 0.1) is 5.92 Å². The minimum atomic E-state index is 0.254. The summed E-state index contributed by atoms with van der Waals surface area (Å²) in [5.41, 5.74) is 10.2. The number of anilines is 1. The van der Waals surface area contributed by atoms with E-state index in [9.17, 15) is 0 Å². The van der Waals surface area contributed by atoms with Gasteiger partial charge in [0.2, 0.25) is 0 Å². The number of thiocarbonyl (C=S) groups is 1. The predicted molar refractivity (Wildman–Crippen MR) is 100 cm³/mol. The molecule has 0 radical (unpaired) electrons. The van der Waals surface area contributed by atoms with E-state index in [0.717, 1.165) is 22.9 Å². The van der Waals surface area contributed by atoms with E-state index in [1.165, 1.54) is 16.7 Å². The molecule has 1 fully saturated rings. The van der Waals surface area contributed by atoms with Crippen LogP contribution < -0.4 is 11.1 Å². The molecule has 0 spiro atoms. The molecular formula is C18H16Cl2N2S. The van der Waals surface area contributed by atoms with Crippen molar-refractivity contribution in [3.8, 4) is 0 Å². The van der Waals surface area contributed by atoms with Gasteiger partial charge in [-0.1, -0.05) is 47.6 Å². The Morgan fingerprint density at radius 3 is 2.70 bits per heavy atom. The van der Waals surface area contributed by atoms with Gasteiger partial charge in [0.15, 0.2) is 0 Å². The molecule has 4 rings (SSSR count). The van der Waals surface area contributed by atoms with E-state index in [1.807, 2.05) is 18.2 Å². The maximum atomic E-state index is 6.27. The van der Waals surface area contributed by atoms with E-state index in [2.05, 4.69) is 23.5 Å². The van der Waals surface area contributed by atoms with Crippen LogP contribution in [0.4, 0.5) is 5.69 Å². The molecule has 118 valence electrons. The maximum Gasteiger partial charge on any atom is 0.0758 e. The Morgan fingerprint density at radius 2 is 1.91 bits per heavy atom. The van der Waals surface area contributed by atoms with Gasteiger partial charge in [-0.15, -0.1) is 0 Å². The second-order valence-corrected chi connectivity index (χ2v) is 7.62. The highest BCUT2D eigenvalue weighted by atomic mass is 35.5. The first kappa shape index (κ1) is 15.3. The Labute approximate surface area is 151 Å². The number of hydrogen-bond donors (Lipinski definition) is 2. The smallest absolute Gasteiger partial charge is 0.0758 e. The molecule has 3 unspecified atom stereocenters. The lowest BCUT2D eigenvalue weighted by molar-refractivity contribution is 0.357. The van der Waals surface area contributed by atoms with Crippen LogP contribution in [-0.4, -0.2) is 4.99 Å². The van der Waals surface area contributed by atoms with E-state index in [-0.39, 0.29) is 12.0 Å². The first-order valence-corrected chi connectivity index (χ1v) is 8.84. The summed E-state index contributed by atoms with van der Waals surface area (Å²) in [6, 6.07) is 12.4. The summed E-state index contributed by atoms with van der Waals surface area (Å²) >= 11 is 17.9. The number of fused-ring (bicyclic) bond motifs is 3. The number of hydrogen-bond acceptors (Lipinski definition) is 2. The van der Waals surface area contributed by atoms with Crippen molar-refractivity contribution in [1.29, 1.82) is 0 Å². The van der Waals surface area contributed by atoms with E-state index in [0.29, 0.717) is 16.6 Å². The quantitative estimate of drug-likeness (QED) is 0.548. The summed E-state index contributed by atoms with van der Waals surface area (Å²) in [7, 11) is 0. The van der Waals surface area contributed by atoms with Crippen molar-refractivity contribution in [2.75, 3.05) is 5.73 Å². The van der Waals surface area contributed by atoms with Gasteiger partial charge in [0, 0.05) is 10.9 Å². The Morgan fingerprint density at radius 1 is 1.09 bits per heavy atom. The minimum Gasteiger partial charge on any atom is -0.398 e. The van der Waals surface area contributed by atoms with Crippen LogP contribution in [0.5, 0.6) is 0 Å². The summed E-state index contributed by atoms with van der Waals surface area (Å²) in [6.45, 7) is 0. The highest BCUT2D eigenvalue weighted by Gasteiger charge is 2.43. The lowest BCUT2D eigenvalue weighted by Crippen LogP contribution is -2.36. The Balaban J connectivity index is 1.86. The number of halogens is 2. The second-order valence-electron chi connectivity index (χ2n) is 6.28. The molecule has 2 aromatic rings. The fraction of sp³-hybridized carbons (Fsp3) is 0.278. The zero-order valence-electron chi connectivity index (χ0n) is 12.4. The maximum absolute atomic E-state index is 6.27. The van der Waals surface area contributed by atoms with Gasteiger partial charge in [-0.25, -0.2) is 0 Å². The molecular weight excluding hydrogens is 347 g/mol. The fourth-order valence-electron chi connectivity index (χ4n) is 3.98. The third-order valence-corrected chi connectivity index (χ3v) is 5.86. The van der Waals surface area contributed by atoms with Gasteiger partial charge in [-0.3, -0.25) is 0 Å². The van der Waals surface area contributed by atoms with Crippen LogP contribution in [0.15, 0.2) is 36.4 Å². The van der Waals surface area contributed by atoms with Crippen LogP contribution in [0.1, 0.15) is 41.5 Å². The average Bonchev–Trinajstić information content (AvgIpc) is 2.83. The second kappa shape index (κ2) is 5.66. The fourth-order valence-corrected chi connectivity index (χ4v) is 4.59. The topological polar surface area (TPSA) is 38.0 Å². The summed E-state index contributed by atoms with van der Waals surface area (Å²) < 4.78 is 0. The number of nitrogen functional groups attached to an aromatic ring is 1. The molecule has 1 aliphatic heterocycles. The van der Waals surface area contributed by atoms with Crippen LogP contribution >= 0.6 is 35.4 Å². The minimum absolute atomic E-state index is 0.254. The van der Waals surface area contributed by atoms with Crippen molar-refractivity contribution in [1.82, 2.24) is 5.32 Å². The summed E-state index contributed by atoms with van der Waals surface area (Å²) in [4.78, 5) is 0.947. The molecule has 1 heterocycles. The third kappa shape index (κ3) is 2.51. The zero-order valence-corrected chi connectivity index (χ0v) is 14.7. The molecule has 0 aromatic heterocycles. The SMILES string of the molecule is Nc1ccc(C2c3cc(Cl)ccc3C3NC(=S)CCC32)cc1Cl. The van der Waals surface area contributed by atoms with Crippen molar-refractivity contribution in [3.63, 3.8) is 0 Å². The predicted octanol–water partition coefficient (Wildman–Crippen LogP) is 5.09. The average molecular weight is 363 g/mol. The van der Waals surface area contributed by atoms with E-state index >= 15 is 0 Å². The van der Waals surface area contributed by atoms with Gasteiger partial charge in [-0.05, 0) is 59.7 Å². The molecule has 3 N–H and O–H groups in total. The normalized spacial score (nSPS) is 25.7. The van der Waals surface area contributed by atoms with Crippen molar-refractivity contribution in [2.45, 2.75) is 24.8 Å². The lowest BCUT2D eigenvalue weighted by atomic mass is 9.80. The molecule has 1 saturated heterocycles. The molecule has 5 heteroatoms.